The van der Waals surface area contributed by atoms with Crippen LogP contribution < -0.4 is 0 Å². The van der Waals surface area contributed by atoms with Crippen molar-refractivity contribution in [3.63, 3.8) is 0 Å². The molecule has 0 amide bonds. The van der Waals surface area contributed by atoms with Gasteiger partial charge < -0.3 is 9.84 Å². The maximum Gasteiger partial charge on any atom is 0.329 e. The molecule has 0 saturated carbocycles. The van der Waals surface area contributed by atoms with E-state index < -0.39 is 11.5 Å². The largest absolute Gasteiger partial charge is 0.480 e. The number of aliphatic carboxylic acids is 1. The van der Waals surface area contributed by atoms with Crippen LogP contribution in [0.25, 0.3) is 0 Å². The van der Waals surface area contributed by atoms with E-state index in [2.05, 4.69) is 0 Å². The topological polar surface area (TPSA) is 49.8 Å². The lowest BCUT2D eigenvalue weighted by Gasteiger charge is -2.39. The third kappa shape index (κ3) is 1.86. The van der Waals surface area contributed by atoms with Gasteiger partial charge in [-0.15, -0.1) is 11.3 Å². The molecule has 4 nitrogen and oxygen atoms in total. The summed E-state index contributed by atoms with van der Waals surface area (Å²) in [6.45, 7) is 4.32. The van der Waals surface area contributed by atoms with Crippen molar-refractivity contribution in [1.82, 2.24) is 4.90 Å². The fourth-order valence-electron chi connectivity index (χ4n) is 1.96. The Morgan fingerprint density at radius 2 is 2.25 bits per heavy atom. The minimum atomic E-state index is -0.919. The molecule has 1 aromatic rings. The summed E-state index contributed by atoms with van der Waals surface area (Å²) in [4.78, 5) is 14.4. The Bertz CT molecular complexity index is 359. The van der Waals surface area contributed by atoms with Gasteiger partial charge in [0.05, 0.1) is 13.2 Å². The molecule has 5 heteroatoms. The van der Waals surface area contributed by atoms with E-state index in [4.69, 9.17) is 4.74 Å². The maximum atomic E-state index is 11.5. The lowest BCUT2D eigenvalue weighted by atomic mass is 9.97. The Morgan fingerprint density at radius 1 is 1.56 bits per heavy atom. The molecule has 0 aromatic carbocycles. The molecular weight excluding hydrogens is 226 g/mol. The molecule has 1 aliphatic rings. The lowest BCUT2D eigenvalue weighted by molar-refractivity contribution is -0.154. The van der Waals surface area contributed by atoms with Gasteiger partial charge in [0.2, 0.25) is 0 Å². The number of carboxylic acids is 1. The minimum absolute atomic E-state index is 0.605. The van der Waals surface area contributed by atoms with Crippen molar-refractivity contribution < 1.29 is 14.6 Å². The van der Waals surface area contributed by atoms with Crippen molar-refractivity contribution in [2.45, 2.75) is 12.5 Å². The Balaban J connectivity index is 2.31. The average molecular weight is 241 g/mol. The van der Waals surface area contributed by atoms with Crippen molar-refractivity contribution in [2.75, 3.05) is 26.3 Å². The molecule has 1 saturated heterocycles. The Morgan fingerprint density at radius 3 is 2.75 bits per heavy atom. The quantitative estimate of drug-likeness (QED) is 0.868. The molecule has 0 radical (unpaired) electrons. The van der Waals surface area contributed by atoms with Crippen LogP contribution in [0.2, 0.25) is 0 Å². The van der Waals surface area contributed by atoms with Gasteiger partial charge in [-0.2, -0.15) is 0 Å². The van der Waals surface area contributed by atoms with Crippen LogP contribution in [0.4, 0.5) is 0 Å². The molecule has 1 aromatic heterocycles. The number of ether oxygens (including phenoxy) is 1. The minimum Gasteiger partial charge on any atom is -0.480 e. The second-order valence-electron chi connectivity index (χ2n) is 3.95. The van der Waals surface area contributed by atoms with Crippen LogP contribution in [0.3, 0.4) is 0 Å². The van der Waals surface area contributed by atoms with Crippen LogP contribution in [0.5, 0.6) is 0 Å². The second-order valence-corrected chi connectivity index (χ2v) is 4.90. The molecule has 1 N–H and O–H groups in total. The lowest BCUT2D eigenvalue weighted by Crippen LogP contribution is -2.53. The number of hydrogen-bond donors (Lipinski definition) is 1. The van der Waals surface area contributed by atoms with Crippen LogP contribution in [-0.2, 0) is 15.1 Å². The van der Waals surface area contributed by atoms with Gasteiger partial charge in [0.25, 0.3) is 0 Å². The summed E-state index contributed by atoms with van der Waals surface area (Å²) in [6, 6.07) is 3.77. The zero-order chi connectivity index (χ0) is 11.6. The van der Waals surface area contributed by atoms with E-state index in [-0.39, 0.29) is 0 Å². The standard InChI is InChI=1S/C11H15NO3S/c1-11(10(13)14,9-3-2-8-16-9)12-4-6-15-7-5-12/h2-3,8H,4-7H2,1H3,(H,13,14). The summed E-state index contributed by atoms with van der Waals surface area (Å²) in [5.41, 5.74) is -0.919. The van der Waals surface area contributed by atoms with Crippen LogP contribution in [0.15, 0.2) is 17.5 Å². The highest BCUT2D eigenvalue weighted by atomic mass is 32.1. The van der Waals surface area contributed by atoms with Gasteiger partial charge in [0.1, 0.15) is 0 Å². The third-order valence-corrected chi connectivity index (χ3v) is 4.14. The molecule has 1 atom stereocenters. The van der Waals surface area contributed by atoms with Crippen LogP contribution in [0.1, 0.15) is 11.8 Å². The highest BCUT2D eigenvalue weighted by Crippen LogP contribution is 2.32. The fourth-order valence-corrected chi connectivity index (χ4v) is 2.87. The van der Waals surface area contributed by atoms with E-state index in [0.29, 0.717) is 26.3 Å². The first kappa shape index (κ1) is 11.6. The molecule has 2 heterocycles. The molecule has 16 heavy (non-hydrogen) atoms. The molecule has 2 rings (SSSR count). The Hall–Kier alpha value is -0.910. The van der Waals surface area contributed by atoms with E-state index >= 15 is 0 Å². The van der Waals surface area contributed by atoms with Crippen LogP contribution in [-0.4, -0.2) is 42.3 Å². The van der Waals surface area contributed by atoms with Crippen LogP contribution >= 0.6 is 11.3 Å². The summed E-state index contributed by atoms with van der Waals surface area (Å²) in [6.07, 6.45) is 0. The Labute approximate surface area is 98.4 Å². The number of morpholine rings is 1. The van der Waals surface area contributed by atoms with E-state index in [1.807, 2.05) is 22.4 Å². The van der Waals surface area contributed by atoms with Gasteiger partial charge in [0, 0.05) is 18.0 Å². The number of hydrogen-bond acceptors (Lipinski definition) is 4. The van der Waals surface area contributed by atoms with Crippen LogP contribution in [0, 0.1) is 0 Å². The molecule has 0 aliphatic carbocycles. The predicted molar refractivity (Wildman–Crippen MR) is 61.7 cm³/mol. The second kappa shape index (κ2) is 4.53. The third-order valence-electron chi connectivity index (χ3n) is 3.06. The van der Waals surface area contributed by atoms with E-state index in [9.17, 15) is 9.90 Å². The van der Waals surface area contributed by atoms with Crippen molar-refractivity contribution in [1.29, 1.82) is 0 Å². The monoisotopic (exact) mass is 241 g/mol. The number of carboxylic acid groups (broad SMARTS) is 1. The van der Waals surface area contributed by atoms with Gasteiger partial charge in [0.15, 0.2) is 5.54 Å². The van der Waals surface area contributed by atoms with E-state index in [1.165, 1.54) is 11.3 Å². The number of nitrogens with zero attached hydrogens (tertiary/aromatic N) is 1. The van der Waals surface area contributed by atoms with Gasteiger partial charge in [-0.1, -0.05) is 6.07 Å². The maximum absolute atomic E-state index is 11.5. The molecule has 1 unspecified atom stereocenters. The first-order chi connectivity index (χ1) is 7.65. The van der Waals surface area contributed by atoms with Crippen molar-refractivity contribution in [3.05, 3.63) is 22.4 Å². The predicted octanol–water partition coefficient (Wildman–Crippen LogP) is 1.38. The number of thiophene rings is 1. The van der Waals surface area contributed by atoms with Gasteiger partial charge in [-0.05, 0) is 18.4 Å². The molecule has 0 bridgehead atoms. The molecule has 1 aliphatic heterocycles. The summed E-state index contributed by atoms with van der Waals surface area (Å²) in [5.74, 6) is -0.795. The van der Waals surface area contributed by atoms with Crippen molar-refractivity contribution in [2.24, 2.45) is 0 Å². The normalized spacial score (nSPS) is 21.6. The first-order valence-corrected chi connectivity index (χ1v) is 6.14. The molecular formula is C11H15NO3S. The number of rotatable bonds is 3. The van der Waals surface area contributed by atoms with Gasteiger partial charge in [-0.3, -0.25) is 4.90 Å². The average Bonchev–Trinajstić information content (AvgIpc) is 2.82. The highest BCUT2D eigenvalue weighted by Gasteiger charge is 2.42. The van der Waals surface area contributed by atoms with E-state index in [1.54, 1.807) is 6.92 Å². The first-order valence-electron chi connectivity index (χ1n) is 5.26. The summed E-state index contributed by atoms with van der Waals surface area (Å²) >= 11 is 1.49. The number of carbonyl (C=O) groups is 1. The zero-order valence-electron chi connectivity index (χ0n) is 9.18. The molecule has 88 valence electrons. The highest BCUT2D eigenvalue weighted by molar-refractivity contribution is 7.10. The summed E-state index contributed by atoms with van der Waals surface area (Å²) in [7, 11) is 0. The zero-order valence-corrected chi connectivity index (χ0v) is 10.00. The summed E-state index contributed by atoms with van der Waals surface area (Å²) in [5, 5.41) is 11.4. The van der Waals surface area contributed by atoms with Gasteiger partial charge >= 0.3 is 5.97 Å². The SMILES string of the molecule is CC(C(=O)O)(c1cccs1)N1CCOCC1. The van der Waals surface area contributed by atoms with Gasteiger partial charge in [-0.25, -0.2) is 4.79 Å². The van der Waals surface area contributed by atoms with E-state index in [0.717, 1.165) is 4.88 Å². The molecule has 1 fully saturated rings. The Kier molecular flexibility index (Phi) is 3.28. The molecule has 0 spiro atoms. The fraction of sp³-hybridized carbons (Fsp3) is 0.545. The van der Waals surface area contributed by atoms with Crippen molar-refractivity contribution >= 4 is 17.3 Å². The summed E-state index contributed by atoms with van der Waals surface area (Å²) < 4.78 is 5.26. The smallest absolute Gasteiger partial charge is 0.329 e. The van der Waals surface area contributed by atoms with Crippen molar-refractivity contribution in [3.8, 4) is 0 Å².